The van der Waals surface area contributed by atoms with Gasteiger partial charge in [0.05, 0.1) is 5.69 Å². The number of aromatic nitrogens is 1. The molecule has 11 heavy (non-hydrogen) atoms. The van der Waals surface area contributed by atoms with Crippen molar-refractivity contribution in [3.05, 3.63) is 17.8 Å². The molecule has 0 bridgehead atoms. The van der Waals surface area contributed by atoms with Gasteiger partial charge in [0, 0.05) is 19.4 Å². The summed E-state index contributed by atoms with van der Waals surface area (Å²) < 4.78 is 5.07. The van der Waals surface area contributed by atoms with Crippen molar-refractivity contribution in [2.75, 3.05) is 7.05 Å². The van der Waals surface area contributed by atoms with Crippen LogP contribution in [0.5, 0.6) is 0 Å². The summed E-state index contributed by atoms with van der Waals surface area (Å²) in [5, 5.41) is 3.14. The third-order valence-corrected chi connectivity index (χ3v) is 1.67. The summed E-state index contributed by atoms with van der Waals surface area (Å²) in [4.78, 5) is 4.19. The van der Waals surface area contributed by atoms with Crippen molar-refractivity contribution >= 4 is 0 Å². The summed E-state index contributed by atoms with van der Waals surface area (Å²) in [5.41, 5.74) is 1.02. The molecule has 0 aliphatic carbocycles. The molecular weight excluding hydrogens is 140 g/mol. The van der Waals surface area contributed by atoms with E-state index in [9.17, 15) is 0 Å². The first kappa shape index (κ1) is 8.27. The van der Waals surface area contributed by atoms with Crippen LogP contribution in [0, 0.1) is 6.92 Å². The molecule has 1 N–H and O–H groups in total. The lowest BCUT2D eigenvalue weighted by Gasteiger charge is -2.05. The van der Waals surface area contributed by atoms with Gasteiger partial charge in [0.25, 0.3) is 0 Å². The number of nitrogens with one attached hydrogen (secondary N) is 1. The molecule has 3 heteroatoms. The molecule has 0 radical (unpaired) electrons. The molecule has 1 heterocycles. The molecule has 0 saturated heterocycles. The van der Waals surface area contributed by atoms with Crippen LogP contribution in [-0.4, -0.2) is 18.1 Å². The van der Waals surface area contributed by atoms with E-state index in [4.69, 9.17) is 4.42 Å². The quantitative estimate of drug-likeness (QED) is 0.709. The number of aryl methyl sites for hydroxylation is 1. The summed E-state index contributed by atoms with van der Waals surface area (Å²) in [5.74, 6) is 0.739. The van der Waals surface area contributed by atoms with Gasteiger partial charge >= 0.3 is 0 Å². The lowest BCUT2D eigenvalue weighted by Crippen LogP contribution is -2.23. The lowest BCUT2D eigenvalue weighted by molar-refractivity contribution is 0.519. The van der Waals surface area contributed by atoms with Crippen LogP contribution >= 0.6 is 0 Å². The molecule has 0 aliphatic rings. The minimum atomic E-state index is 0.458. The van der Waals surface area contributed by atoms with E-state index in [1.807, 2.05) is 14.0 Å². The van der Waals surface area contributed by atoms with Gasteiger partial charge in [0.2, 0.25) is 0 Å². The van der Waals surface area contributed by atoms with Crippen LogP contribution in [0.2, 0.25) is 0 Å². The first-order valence-corrected chi connectivity index (χ1v) is 3.80. The van der Waals surface area contributed by atoms with Crippen molar-refractivity contribution in [2.45, 2.75) is 26.3 Å². The fourth-order valence-corrected chi connectivity index (χ4v) is 0.918. The average molecular weight is 154 g/mol. The summed E-state index contributed by atoms with van der Waals surface area (Å²) >= 11 is 0. The second-order valence-electron chi connectivity index (χ2n) is 2.75. The number of hydrogen-bond donors (Lipinski definition) is 1. The van der Waals surface area contributed by atoms with Gasteiger partial charge in [0.1, 0.15) is 6.26 Å². The Morgan fingerprint density at radius 1 is 1.73 bits per heavy atom. The second kappa shape index (κ2) is 3.53. The van der Waals surface area contributed by atoms with Crippen LogP contribution in [0.3, 0.4) is 0 Å². The number of nitrogens with zero attached hydrogens (tertiary/aromatic N) is 1. The maximum Gasteiger partial charge on any atom is 0.191 e. The average Bonchev–Trinajstić information content (AvgIpc) is 2.35. The van der Waals surface area contributed by atoms with E-state index in [0.717, 1.165) is 18.0 Å². The van der Waals surface area contributed by atoms with Gasteiger partial charge in [-0.15, -0.1) is 0 Å². The van der Waals surface area contributed by atoms with Gasteiger partial charge in [-0.2, -0.15) is 0 Å². The molecular formula is C8H14N2O. The molecule has 1 rings (SSSR count). The van der Waals surface area contributed by atoms with E-state index in [2.05, 4.69) is 17.2 Å². The van der Waals surface area contributed by atoms with E-state index in [0.29, 0.717) is 6.04 Å². The third-order valence-electron chi connectivity index (χ3n) is 1.67. The highest BCUT2D eigenvalue weighted by Gasteiger charge is 2.03. The van der Waals surface area contributed by atoms with Gasteiger partial charge in [-0.25, -0.2) is 4.98 Å². The van der Waals surface area contributed by atoms with Crippen LogP contribution in [0.1, 0.15) is 18.5 Å². The highest BCUT2D eigenvalue weighted by atomic mass is 16.3. The van der Waals surface area contributed by atoms with E-state index in [1.165, 1.54) is 0 Å². The molecule has 0 amide bonds. The van der Waals surface area contributed by atoms with Crippen LogP contribution in [0.4, 0.5) is 0 Å². The molecule has 1 aromatic rings. The highest BCUT2D eigenvalue weighted by Crippen LogP contribution is 2.02. The molecule has 0 spiro atoms. The molecule has 0 aliphatic heterocycles. The number of hydrogen-bond acceptors (Lipinski definition) is 3. The summed E-state index contributed by atoms with van der Waals surface area (Å²) in [6, 6.07) is 0.458. The van der Waals surface area contributed by atoms with Gasteiger partial charge in [-0.05, 0) is 14.0 Å². The minimum absolute atomic E-state index is 0.458. The fraction of sp³-hybridized carbons (Fsp3) is 0.625. The Balaban J connectivity index is 2.50. The zero-order chi connectivity index (χ0) is 8.27. The topological polar surface area (TPSA) is 38.1 Å². The zero-order valence-corrected chi connectivity index (χ0v) is 7.22. The van der Waals surface area contributed by atoms with Crippen molar-refractivity contribution in [1.29, 1.82) is 0 Å². The Kier molecular flexibility index (Phi) is 2.65. The number of oxazole rings is 1. The molecule has 62 valence electrons. The van der Waals surface area contributed by atoms with Gasteiger partial charge < -0.3 is 9.73 Å². The monoisotopic (exact) mass is 154 g/mol. The molecule has 3 nitrogen and oxygen atoms in total. The predicted octanol–water partition coefficient (Wildman–Crippen LogP) is 1.13. The Morgan fingerprint density at radius 2 is 2.45 bits per heavy atom. The van der Waals surface area contributed by atoms with Crippen LogP contribution in [0.25, 0.3) is 0 Å². The highest BCUT2D eigenvalue weighted by molar-refractivity contribution is 4.97. The van der Waals surface area contributed by atoms with Crippen molar-refractivity contribution in [2.24, 2.45) is 0 Å². The molecule has 0 saturated carbocycles. The zero-order valence-electron chi connectivity index (χ0n) is 7.22. The second-order valence-corrected chi connectivity index (χ2v) is 2.75. The van der Waals surface area contributed by atoms with Crippen LogP contribution in [0.15, 0.2) is 10.7 Å². The van der Waals surface area contributed by atoms with E-state index in [1.54, 1.807) is 6.26 Å². The van der Waals surface area contributed by atoms with E-state index < -0.39 is 0 Å². The number of rotatable bonds is 3. The standard InChI is InChI=1S/C8H14N2O/c1-6(9-3)4-8-5-11-7(2)10-8/h5-6,9H,4H2,1-3H3. The molecule has 1 atom stereocenters. The summed E-state index contributed by atoms with van der Waals surface area (Å²) in [7, 11) is 1.94. The molecule has 0 fully saturated rings. The van der Waals surface area contributed by atoms with E-state index in [-0.39, 0.29) is 0 Å². The SMILES string of the molecule is CNC(C)Cc1coc(C)n1. The molecule has 0 aromatic carbocycles. The Hall–Kier alpha value is -0.830. The first-order chi connectivity index (χ1) is 5.22. The molecule has 1 unspecified atom stereocenters. The molecule has 1 aromatic heterocycles. The van der Waals surface area contributed by atoms with Crippen molar-refractivity contribution in [1.82, 2.24) is 10.3 Å². The Labute approximate surface area is 66.8 Å². The normalized spacial score (nSPS) is 13.4. The van der Waals surface area contributed by atoms with Crippen molar-refractivity contribution in [3.63, 3.8) is 0 Å². The fourth-order valence-electron chi connectivity index (χ4n) is 0.918. The van der Waals surface area contributed by atoms with Gasteiger partial charge in [-0.1, -0.05) is 0 Å². The third kappa shape index (κ3) is 2.35. The lowest BCUT2D eigenvalue weighted by atomic mass is 10.2. The van der Waals surface area contributed by atoms with E-state index >= 15 is 0 Å². The van der Waals surface area contributed by atoms with Crippen LogP contribution < -0.4 is 5.32 Å². The van der Waals surface area contributed by atoms with Gasteiger partial charge in [0.15, 0.2) is 5.89 Å². The maximum atomic E-state index is 5.07. The van der Waals surface area contributed by atoms with Crippen LogP contribution in [-0.2, 0) is 6.42 Å². The van der Waals surface area contributed by atoms with Gasteiger partial charge in [-0.3, -0.25) is 0 Å². The Bertz CT molecular complexity index is 220. The first-order valence-electron chi connectivity index (χ1n) is 3.80. The Morgan fingerprint density at radius 3 is 2.91 bits per heavy atom. The summed E-state index contributed by atoms with van der Waals surface area (Å²) in [6.07, 6.45) is 2.64. The maximum absolute atomic E-state index is 5.07. The number of likely N-dealkylation sites (N-methyl/N-ethyl adjacent to an activating group) is 1. The smallest absolute Gasteiger partial charge is 0.191 e. The predicted molar refractivity (Wildman–Crippen MR) is 43.5 cm³/mol. The largest absolute Gasteiger partial charge is 0.449 e. The minimum Gasteiger partial charge on any atom is -0.449 e. The van der Waals surface area contributed by atoms with Crippen molar-refractivity contribution in [3.8, 4) is 0 Å². The van der Waals surface area contributed by atoms with Crippen molar-refractivity contribution < 1.29 is 4.42 Å². The summed E-state index contributed by atoms with van der Waals surface area (Å²) in [6.45, 7) is 3.97.